The Morgan fingerprint density at radius 1 is 1.03 bits per heavy atom. The summed E-state index contributed by atoms with van der Waals surface area (Å²) in [4.78, 5) is 30.3. The molecule has 4 aromatic rings. The first kappa shape index (κ1) is 25.1. The number of aromatic amines is 1. The minimum absolute atomic E-state index is 0.126. The van der Waals surface area contributed by atoms with Gasteiger partial charge in [-0.15, -0.1) is 11.3 Å². The van der Waals surface area contributed by atoms with E-state index in [0.29, 0.717) is 22.3 Å². The number of nitrogens with one attached hydrogen (secondary N) is 3. The summed E-state index contributed by atoms with van der Waals surface area (Å²) < 4.78 is 3.57. The molecule has 5 heterocycles. The van der Waals surface area contributed by atoms with Crippen molar-refractivity contribution in [2.45, 2.75) is 36.6 Å². The van der Waals surface area contributed by atoms with Gasteiger partial charge in [0.2, 0.25) is 5.95 Å². The SMILES string of the molecule is O=c1[nH]c(N2CCC3(CCN(Sc4ccccc4)C3)C2)nc(NC2CCCNC2)c1-c1nc2ccccc2s1. The van der Waals surface area contributed by atoms with Crippen LogP contribution in [0, 0.1) is 5.41 Å². The van der Waals surface area contributed by atoms with Gasteiger partial charge in [-0.1, -0.05) is 30.3 Å². The molecule has 0 amide bonds. The monoisotopic (exact) mass is 559 g/mol. The van der Waals surface area contributed by atoms with Gasteiger partial charge < -0.3 is 15.5 Å². The fraction of sp³-hybridized carbons (Fsp3) is 0.414. The van der Waals surface area contributed by atoms with E-state index in [0.717, 1.165) is 75.2 Å². The third-order valence-electron chi connectivity index (χ3n) is 8.17. The number of thiazole rings is 1. The van der Waals surface area contributed by atoms with Crippen LogP contribution in [0.15, 0.2) is 64.3 Å². The smallest absolute Gasteiger partial charge is 0.264 e. The minimum atomic E-state index is -0.126. The highest BCUT2D eigenvalue weighted by Gasteiger charge is 2.44. The molecule has 0 saturated carbocycles. The van der Waals surface area contributed by atoms with E-state index in [9.17, 15) is 4.79 Å². The van der Waals surface area contributed by atoms with Gasteiger partial charge in [0.15, 0.2) is 0 Å². The third-order valence-corrected chi connectivity index (χ3v) is 10.3. The summed E-state index contributed by atoms with van der Waals surface area (Å²) in [5, 5.41) is 7.81. The largest absolute Gasteiger partial charge is 0.365 e. The third kappa shape index (κ3) is 5.18. The van der Waals surface area contributed by atoms with Gasteiger partial charge in [0.1, 0.15) is 16.4 Å². The van der Waals surface area contributed by atoms with Gasteiger partial charge >= 0.3 is 0 Å². The van der Waals surface area contributed by atoms with Crippen molar-refractivity contribution in [2.75, 3.05) is 49.5 Å². The average molecular weight is 560 g/mol. The molecule has 2 aromatic heterocycles. The van der Waals surface area contributed by atoms with Gasteiger partial charge in [-0.25, -0.2) is 9.29 Å². The lowest BCUT2D eigenvalue weighted by Gasteiger charge is -2.27. The molecule has 3 saturated heterocycles. The fourth-order valence-corrected chi connectivity index (χ4v) is 8.22. The zero-order valence-electron chi connectivity index (χ0n) is 21.9. The second-order valence-corrected chi connectivity index (χ2v) is 13.2. The highest BCUT2D eigenvalue weighted by atomic mass is 32.2. The Bertz CT molecular complexity index is 1480. The maximum Gasteiger partial charge on any atom is 0.264 e. The van der Waals surface area contributed by atoms with E-state index >= 15 is 0 Å². The van der Waals surface area contributed by atoms with Gasteiger partial charge in [0.05, 0.1) is 10.2 Å². The molecule has 39 heavy (non-hydrogen) atoms. The van der Waals surface area contributed by atoms with Crippen LogP contribution in [-0.2, 0) is 0 Å². The van der Waals surface area contributed by atoms with Crippen LogP contribution in [0.25, 0.3) is 20.8 Å². The van der Waals surface area contributed by atoms with Gasteiger partial charge in [-0.2, -0.15) is 4.98 Å². The molecule has 202 valence electrons. The first-order chi connectivity index (χ1) is 19.1. The minimum Gasteiger partial charge on any atom is -0.365 e. The first-order valence-electron chi connectivity index (χ1n) is 13.8. The van der Waals surface area contributed by atoms with Crippen LogP contribution in [0.3, 0.4) is 0 Å². The molecule has 0 radical (unpaired) electrons. The molecule has 3 N–H and O–H groups in total. The van der Waals surface area contributed by atoms with Crippen LogP contribution in [0.2, 0.25) is 0 Å². The number of aromatic nitrogens is 3. The predicted octanol–water partition coefficient (Wildman–Crippen LogP) is 4.82. The molecule has 3 aliphatic rings. The van der Waals surface area contributed by atoms with Crippen molar-refractivity contribution in [1.82, 2.24) is 24.6 Å². The van der Waals surface area contributed by atoms with Crippen molar-refractivity contribution in [3.05, 3.63) is 65.0 Å². The summed E-state index contributed by atoms with van der Waals surface area (Å²) in [5.74, 6) is 1.32. The molecule has 2 atom stereocenters. The molecule has 0 bridgehead atoms. The van der Waals surface area contributed by atoms with Crippen LogP contribution in [0.4, 0.5) is 11.8 Å². The van der Waals surface area contributed by atoms with E-state index in [1.165, 1.54) is 4.90 Å². The zero-order valence-corrected chi connectivity index (χ0v) is 23.5. The van der Waals surface area contributed by atoms with Crippen molar-refractivity contribution in [2.24, 2.45) is 5.41 Å². The molecule has 2 unspecified atom stereocenters. The molecule has 0 aliphatic carbocycles. The quantitative estimate of drug-likeness (QED) is 0.290. The molecule has 3 fully saturated rings. The fourth-order valence-electron chi connectivity index (χ4n) is 6.11. The number of anilines is 2. The van der Waals surface area contributed by atoms with Crippen LogP contribution in [0.5, 0.6) is 0 Å². The summed E-state index contributed by atoms with van der Waals surface area (Å²) in [6.07, 6.45) is 4.43. The van der Waals surface area contributed by atoms with E-state index < -0.39 is 0 Å². The Morgan fingerprint density at radius 2 is 1.87 bits per heavy atom. The number of H-pyrrole nitrogens is 1. The van der Waals surface area contributed by atoms with E-state index in [2.05, 4.69) is 61.2 Å². The predicted molar refractivity (Wildman–Crippen MR) is 161 cm³/mol. The summed E-state index contributed by atoms with van der Waals surface area (Å²) in [6.45, 7) is 5.84. The molecule has 7 rings (SSSR count). The number of fused-ring (bicyclic) bond motifs is 1. The van der Waals surface area contributed by atoms with Crippen molar-refractivity contribution in [3.63, 3.8) is 0 Å². The standard InChI is InChI=1S/C29H33N7OS2/c37-26-24(27-32-22-10-4-5-11-23(22)38-27)25(31-20-7-6-14-30-17-20)33-28(34-26)35-15-12-29(18-35)13-16-36(19-29)39-21-8-2-1-3-9-21/h1-5,8-11,20,30H,6-7,12-19H2,(H2,31,33,34,37). The number of nitrogens with zero attached hydrogens (tertiary/aromatic N) is 4. The Hall–Kier alpha value is -2.92. The number of rotatable bonds is 6. The van der Waals surface area contributed by atoms with Crippen LogP contribution in [0.1, 0.15) is 25.7 Å². The lowest BCUT2D eigenvalue weighted by molar-refractivity contribution is 0.350. The van der Waals surface area contributed by atoms with E-state index in [4.69, 9.17) is 9.97 Å². The molecule has 2 aromatic carbocycles. The van der Waals surface area contributed by atoms with Crippen molar-refractivity contribution in [1.29, 1.82) is 0 Å². The Labute approximate surface area is 236 Å². The molecular formula is C29H33N7OS2. The number of hydrogen-bond donors (Lipinski definition) is 3. The first-order valence-corrected chi connectivity index (χ1v) is 15.4. The van der Waals surface area contributed by atoms with Crippen molar-refractivity contribution in [3.8, 4) is 10.6 Å². The molecule has 3 aliphatic heterocycles. The summed E-state index contributed by atoms with van der Waals surface area (Å²) in [7, 11) is 0. The number of piperidine rings is 1. The highest BCUT2D eigenvalue weighted by Crippen LogP contribution is 2.44. The van der Waals surface area contributed by atoms with Crippen LogP contribution in [-0.4, -0.2) is 64.6 Å². The zero-order chi connectivity index (χ0) is 26.2. The lowest BCUT2D eigenvalue weighted by atomic mass is 9.87. The van der Waals surface area contributed by atoms with Crippen LogP contribution >= 0.6 is 23.3 Å². The summed E-state index contributed by atoms with van der Waals surface area (Å²) in [5.41, 5.74) is 1.56. The average Bonchev–Trinajstić information content (AvgIpc) is 3.68. The van der Waals surface area contributed by atoms with Gasteiger partial charge in [-0.05, 0) is 68.4 Å². The van der Waals surface area contributed by atoms with Gasteiger partial charge in [0, 0.05) is 49.1 Å². The molecule has 10 heteroatoms. The number of para-hydroxylation sites is 1. The maximum atomic E-state index is 13.7. The van der Waals surface area contributed by atoms with E-state index in [1.54, 1.807) is 11.3 Å². The number of benzene rings is 2. The highest BCUT2D eigenvalue weighted by molar-refractivity contribution is 7.97. The molecular weight excluding hydrogens is 527 g/mol. The van der Waals surface area contributed by atoms with Gasteiger partial charge in [0.25, 0.3) is 5.56 Å². The second kappa shape index (κ2) is 10.6. The van der Waals surface area contributed by atoms with Crippen molar-refractivity contribution < 1.29 is 0 Å². The summed E-state index contributed by atoms with van der Waals surface area (Å²) in [6, 6.07) is 18.9. The number of hydrogen-bond acceptors (Lipinski definition) is 9. The Kier molecular flexibility index (Phi) is 6.80. The van der Waals surface area contributed by atoms with Crippen LogP contribution < -0.4 is 21.1 Å². The van der Waals surface area contributed by atoms with E-state index in [-0.39, 0.29) is 17.0 Å². The Balaban J connectivity index is 1.16. The van der Waals surface area contributed by atoms with E-state index in [1.807, 2.05) is 30.1 Å². The normalized spacial score (nSPS) is 23.7. The Morgan fingerprint density at radius 3 is 2.72 bits per heavy atom. The second-order valence-electron chi connectivity index (χ2n) is 11.0. The topological polar surface area (TPSA) is 89.2 Å². The summed E-state index contributed by atoms with van der Waals surface area (Å²) >= 11 is 3.40. The van der Waals surface area contributed by atoms with Gasteiger partial charge in [-0.3, -0.25) is 9.78 Å². The van der Waals surface area contributed by atoms with Crippen molar-refractivity contribution >= 4 is 45.3 Å². The lowest BCUT2D eigenvalue weighted by Crippen LogP contribution is -2.39. The maximum absolute atomic E-state index is 13.7. The molecule has 8 nitrogen and oxygen atoms in total. The molecule has 1 spiro atoms.